The Kier molecular flexibility index (Phi) is 9.07. The number of carboxylic acids is 1. The summed E-state index contributed by atoms with van der Waals surface area (Å²) in [6.45, 7) is 5.50. The molecule has 0 amide bonds. The first-order valence-electron chi connectivity index (χ1n) is 17.9. The summed E-state index contributed by atoms with van der Waals surface area (Å²) in [7, 11) is 0. The van der Waals surface area contributed by atoms with Crippen LogP contribution in [0.5, 0.6) is 0 Å². The number of carboxylic acid groups (broad SMARTS) is 1. The predicted molar refractivity (Wildman–Crippen MR) is 166 cm³/mol. The fraction of sp³-hybridized carbons (Fsp3) is 0.886. The van der Waals surface area contributed by atoms with Gasteiger partial charge in [-0.1, -0.05) is 6.92 Å². The van der Waals surface area contributed by atoms with Crippen LogP contribution in [0.3, 0.4) is 0 Å². The molecule has 14 nitrogen and oxygen atoms in total. The van der Waals surface area contributed by atoms with Gasteiger partial charge in [0.1, 0.15) is 31.0 Å². The number of rotatable bonds is 6. The minimum Gasteiger partial charge on any atom is -0.481 e. The number of carbonyl (C=O) groups excluding carboxylic acids is 1. The lowest BCUT2D eigenvalue weighted by Crippen LogP contribution is -2.70. The summed E-state index contributed by atoms with van der Waals surface area (Å²) >= 11 is 0. The molecule has 7 N–H and O–H groups in total. The lowest BCUT2D eigenvalue weighted by Gasteiger charge is -2.65. The van der Waals surface area contributed by atoms with E-state index < -0.39 is 95.3 Å². The van der Waals surface area contributed by atoms with E-state index in [4.69, 9.17) is 23.7 Å². The second-order valence-electron chi connectivity index (χ2n) is 16.2. The molecule has 49 heavy (non-hydrogen) atoms. The highest BCUT2D eigenvalue weighted by Crippen LogP contribution is 2.71. The highest BCUT2D eigenvalue weighted by molar-refractivity contribution is 5.85. The van der Waals surface area contributed by atoms with Gasteiger partial charge in [0.15, 0.2) is 12.6 Å². The van der Waals surface area contributed by atoms with E-state index in [0.29, 0.717) is 38.5 Å². The first-order valence-corrected chi connectivity index (χ1v) is 17.9. The lowest BCUT2D eigenvalue weighted by molar-refractivity contribution is -0.342. The highest BCUT2D eigenvalue weighted by atomic mass is 16.7. The van der Waals surface area contributed by atoms with Crippen molar-refractivity contribution in [2.75, 3.05) is 6.61 Å². The van der Waals surface area contributed by atoms with E-state index in [9.17, 15) is 45.3 Å². The van der Waals surface area contributed by atoms with Crippen LogP contribution in [0.25, 0.3) is 0 Å². The summed E-state index contributed by atoms with van der Waals surface area (Å²) in [5, 5.41) is 77.2. The van der Waals surface area contributed by atoms with E-state index >= 15 is 0 Å². The molecule has 4 aliphatic carbocycles. The average molecular weight is 697 g/mol. The van der Waals surface area contributed by atoms with Gasteiger partial charge in [-0.2, -0.15) is 0 Å². The Bertz CT molecular complexity index is 1330. The highest BCUT2D eigenvalue weighted by Gasteiger charge is 2.73. The number of hydrogen-bond donors (Lipinski definition) is 7. The van der Waals surface area contributed by atoms with Gasteiger partial charge in [-0.05, 0) is 88.5 Å². The standard InChI is InChI=1S/C35H52O14/c1-16-26(38)27(39)28(40)30(47-16)49-29-17(2)46-25(13-23(29)36)48-19-4-10-34(31(41)42)21-5-8-32(3)20(18-12-24(37)45-15-18)7-11-35(32,44)22(21)6-9-33(34,43)14-19/h12,16-17,19-23,25-30,36,38-40,43-44H,4-11,13-15H2,1-3H3,(H,41,42). The average Bonchev–Trinajstić information content (AvgIpc) is 3.58. The SMILES string of the molecule is CC1OC(OC2C(O)CC(OC3CCC4(C(=O)O)C5CCC6(C)C(C7=CC(=O)OC7)CCC6(O)C5CCC4(O)C3)OC2C)C(O)C(O)C1O. The smallest absolute Gasteiger partial charge is 0.331 e. The molecular formula is C35H52O14. The normalized spacial score (nSPS) is 54.3. The van der Waals surface area contributed by atoms with Crippen LogP contribution in [0.2, 0.25) is 0 Å². The predicted octanol–water partition coefficient (Wildman–Crippen LogP) is 0.517. The Hall–Kier alpha value is -1.72. The van der Waals surface area contributed by atoms with Crippen LogP contribution in [0.4, 0.5) is 0 Å². The van der Waals surface area contributed by atoms with Gasteiger partial charge in [-0.15, -0.1) is 0 Å². The largest absolute Gasteiger partial charge is 0.481 e. The molecule has 7 aliphatic rings. The molecule has 3 heterocycles. The maximum absolute atomic E-state index is 13.3. The molecule has 0 aromatic carbocycles. The third-order valence-corrected chi connectivity index (χ3v) is 14.0. The zero-order valence-electron chi connectivity index (χ0n) is 28.3. The van der Waals surface area contributed by atoms with E-state index in [-0.39, 0.29) is 50.1 Å². The molecule has 6 fully saturated rings. The Morgan fingerprint density at radius 1 is 0.878 bits per heavy atom. The van der Waals surface area contributed by atoms with Gasteiger partial charge in [0.2, 0.25) is 0 Å². The minimum atomic E-state index is -1.58. The summed E-state index contributed by atoms with van der Waals surface area (Å²) in [5.41, 5.74) is -3.83. The van der Waals surface area contributed by atoms with E-state index in [2.05, 4.69) is 6.92 Å². The first-order chi connectivity index (χ1) is 23.0. The zero-order chi connectivity index (χ0) is 35.3. The van der Waals surface area contributed by atoms with Crippen molar-refractivity contribution in [3.05, 3.63) is 11.6 Å². The summed E-state index contributed by atoms with van der Waals surface area (Å²) in [5.74, 6) is -2.22. The molecule has 14 heteroatoms. The number of carbonyl (C=O) groups is 2. The van der Waals surface area contributed by atoms with Gasteiger partial charge < -0.3 is 59.4 Å². The maximum Gasteiger partial charge on any atom is 0.331 e. The van der Waals surface area contributed by atoms with Crippen LogP contribution in [-0.4, -0.2) is 127 Å². The van der Waals surface area contributed by atoms with E-state index in [1.807, 2.05) is 0 Å². The summed E-state index contributed by atoms with van der Waals surface area (Å²) < 4.78 is 28.9. The maximum atomic E-state index is 13.3. The fourth-order valence-electron chi connectivity index (χ4n) is 11.4. The van der Waals surface area contributed by atoms with Crippen LogP contribution >= 0.6 is 0 Å². The number of hydrogen-bond acceptors (Lipinski definition) is 13. The third-order valence-electron chi connectivity index (χ3n) is 14.0. The van der Waals surface area contributed by atoms with E-state index in [1.165, 1.54) is 6.92 Å². The summed E-state index contributed by atoms with van der Waals surface area (Å²) in [4.78, 5) is 25.2. The number of esters is 1. The quantitative estimate of drug-likeness (QED) is 0.149. The molecule has 4 saturated carbocycles. The van der Waals surface area contributed by atoms with Gasteiger partial charge in [-0.25, -0.2) is 4.79 Å². The van der Waals surface area contributed by atoms with Crippen molar-refractivity contribution in [3.63, 3.8) is 0 Å². The topological polar surface area (TPSA) is 222 Å². The molecule has 17 unspecified atom stereocenters. The molecule has 2 saturated heterocycles. The van der Waals surface area contributed by atoms with Gasteiger partial charge >= 0.3 is 11.9 Å². The zero-order valence-corrected chi connectivity index (χ0v) is 28.3. The molecule has 0 spiro atoms. The van der Waals surface area contributed by atoms with Crippen molar-refractivity contribution in [2.45, 2.75) is 158 Å². The number of ether oxygens (including phenoxy) is 5. The van der Waals surface area contributed by atoms with Gasteiger partial charge in [0.25, 0.3) is 0 Å². The fourth-order valence-corrected chi connectivity index (χ4v) is 11.4. The van der Waals surface area contributed by atoms with Crippen molar-refractivity contribution >= 4 is 11.9 Å². The molecule has 17 atom stereocenters. The molecule has 276 valence electrons. The molecule has 7 rings (SSSR count). The summed E-state index contributed by atoms with van der Waals surface area (Å²) in [6.07, 6.45) is -5.53. The van der Waals surface area contributed by atoms with Crippen LogP contribution in [-0.2, 0) is 33.3 Å². The molecule has 0 aromatic heterocycles. The van der Waals surface area contributed by atoms with Crippen LogP contribution in [0.15, 0.2) is 11.6 Å². The number of aliphatic hydroxyl groups excluding tert-OH is 4. The second-order valence-corrected chi connectivity index (χ2v) is 16.2. The Balaban J connectivity index is 1.03. The van der Waals surface area contributed by atoms with E-state index in [0.717, 1.165) is 5.57 Å². The second kappa shape index (κ2) is 12.5. The monoisotopic (exact) mass is 696 g/mol. The van der Waals surface area contributed by atoms with Crippen LogP contribution in [0, 0.1) is 28.6 Å². The Morgan fingerprint density at radius 3 is 2.29 bits per heavy atom. The van der Waals surface area contributed by atoms with Gasteiger partial charge in [0.05, 0.1) is 41.0 Å². The van der Waals surface area contributed by atoms with Crippen molar-refractivity contribution in [2.24, 2.45) is 28.6 Å². The third kappa shape index (κ3) is 5.35. The van der Waals surface area contributed by atoms with Gasteiger partial charge in [0, 0.05) is 24.3 Å². The number of aliphatic hydroxyl groups is 6. The lowest BCUT2D eigenvalue weighted by atomic mass is 9.41. The number of cyclic esters (lactones) is 1. The molecular weight excluding hydrogens is 644 g/mol. The number of aliphatic carboxylic acids is 1. The summed E-state index contributed by atoms with van der Waals surface area (Å²) in [6, 6.07) is 0. The van der Waals surface area contributed by atoms with Crippen molar-refractivity contribution in [3.8, 4) is 0 Å². The van der Waals surface area contributed by atoms with Crippen molar-refractivity contribution in [1.82, 2.24) is 0 Å². The Morgan fingerprint density at radius 2 is 1.61 bits per heavy atom. The molecule has 0 aromatic rings. The molecule has 0 radical (unpaired) electrons. The number of fused-ring (bicyclic) bond motifs is 5. The van der Waals surface area contributed by atoms with Crippen LogP contribution < -0.4 is 0 Å². The molecule has 0 bridgehead atoms. The van der Waals surface area contributed by atoms with Crippen LogP contribution in [0.1, 0.15) is 85.0 Å². The molecule has 3 aliphatic heterocycles. The Labute approximate surface area is 285 Å². The first kappa shape index (κ1) is 35.7. The van der Waals surface area contributed by atoms with E-state index in [1.54, 1.807) is 13.0 Å². The minimum absolute atomic E-state index is 0.00209. The van der Waals surface area contributed by atoms with Crippen molar-refractivity contribution in [1.29, 1.82) is 0 Å². The van der Waals surface area contributed by atoms with Gasteiger partial charge in [-0.3, -0.25) is 4.79 Å². The van der Waals surface area contributed by atoms with Crippen molar-refractivity contribution < 1.29 is 69.0 Å².